The van der Waals surface area contributed by atoms with Crippen LogP contribution in [-0.4, -0.2) is 41.3 Å². The molecule has 1 aliphatic heterocycles. The molecule has 1 aliphatic rings. The van der Waals surface area contributed by atoms with Crippen molar-refractivity contribution in [1.82, 2.24) is 9.21 Å². The van der Waals surface area contributed by atoms with Gasteiger partial charge in [-0.05, 0) is 5.41 Å². The van der Waals surface area contributed by atoms with Crippen LogP contribution < -0.4 is 0 Å². The lowest BCUT2D eigenvalue weighted by molar-refractivity contribution is -0.134. The van der Waals surface area contributed by atoms with E-state index in [-0.39, 0.29) is 11.3 Å². The quantitative estimate of drug-likeness (QED) is 0.670. The summed E-state index contributed by atoms with van der Waals surface area (Å²) in [5.74, 6) is 0.277. The Morgan fingerprint density at radius 1 is 1.21 bits per heavy atom. The molecule has 1 saturated heterocycles. The minimum atomic E-state index is 0.0924. The third-order valence-corrected chi connectivity index (χ3v) is 2.69. The van der Waals surface area contributed by atoms with Gasteiger partial charge in [0.05, 0.1) is 0 Å². The Balaban J connectivity index is 2.38. The summed E-state index contributed by atoms with van der Waals surface area (Å²) in [6.45, 7) is 9.67. The monoisotopic (exact) mass is 216 g/mol. The zero-order valence-electron chi connectivity index (χ0n) is 9.29. The first-order valence-corrected chi connectivity index (χ1v) is 5.50. The molecule has 1 fully saturated rings. The average Bonchev–Trinajstić information content (AvgIpc) is 2.02. The number of carbonyl (C=O) groups excluding carboxylic acids is 1. The van der Waals surface area contributed by atoms with Crippen molar-refractivity contribution >= 4 is 18.7 Å². The molecule has 1 amide bonds. The lowest BCUT2D eigenvalue weighted by atomic mass is 9.91. The Morgan fingerprint density at radius 2 is 1.71 bits per heavy atom. The van der Waals surface area contributed by atoms with E-state index in [0.29, 0.717) is 6.42 Å². The molecule has 3 nitrogen and oxygen atoms in total. The summed E-state index contributed by atoms with van der Waals surface area (Å²) in [5, 5.41) is 0. The minimum Gasteiger partial charge on any atom is -0.340 e. The molecule has 0 aromatic rings. The summed E-state index contributed by atoms with van der Waals surface area (Å²) < 4.78 is 1.96. The van der Waals surface area contributed by atoms with E-state index in [9.17, 15) is 4.79 Å². The molecule has 0 aromatic heterocycles. The van der Waals surface area contributed by atoms with Crippen LogP contribution in [0.5, 0.6) is 0 Å². The van der Waals surface area contributed by atoms with Gasteiger partial charge in [0.1, 0.15) is 0 Å². The largest absolute Gasteiger partial charge is 0.340 e. The molecule has 0 atom stereocenters. The van der Waals surface area contributed by atoms with Gasteiger partial charge in [-0.1, -0.05) is 33.6 Å². The second-order valence-electron chi connectivity index (χ2n) is 5.07. The normalized spacial score (nSPS) is 19.9. The summed E-state index contributed by atoms with van der Waals surface area (Å²) in [7, 11) is 0. The van der Waals surface area contributed by atoms with Gasteiger partial charge in [0.15, 0.2) is 0 Å². The second kappa shape index (κ2) is 4.53. The maximum absolute atomic E-state index is 11.8. The van der Waals surface area contributed by atoms with Crippen LogP contribution in [-0.2, 0) is 4.79 Å². The fraction of sp³-hybridized carbons (Fsp3) is 0.900. The molecule has 0 spiro atoms. The van der Waals surface area contributed by atoms with Crippen LogP contribution in [0, 0.1) is 5.41 Å². The maximum Gasteiger partial charge on any atom is 0.223 e. The van der Waals surface area contributed by atoms with Crippen molar-refractivity contribution in [1.29, 1.82) is 0 Å². The Hall–Kier alpha value is -0.220. The number of thiol groups is 1. The van der Waals surface area contributed by atoms with E-state index >= 15 is 0 Å². The summed E-state index contributed by atoms with van der Waals surface area (Å²) in [6, 6.07) is 0. The highest BCUT2D eigenvalue weighted by Crippen LogP contribution is 2.20. The van der Waals surface area contributed by atoms with E-state index in [1.807, 2.05) is 9.21 Å². The van der Waals surface area contributed by atoms with Crippen molar-refractivity contribution < 1.29 is 4.79 Å². The zero-order chi connectivity index (χ0) is 10.8. The first-order valence-electron chi connectivity index (χ1n) is 5.10. The average molecular weight is 216 g/mol. The van der Waals surface area contributed by atoms with E-state index in [1.54, 1.807) is 0 Å². The Labute approximate surface area is 92.0 Å². The van der Waals surface area contributed by atoms with Crippen LogP contribution in [0.3, 0.4) is 0 Å². The van der Waals surface area contributed by atoms with Gasteiger partial charge >= 0.3 is 0 Å². The molecule has 0 aliphatic carbocycles. The van der Waals surface area contributed by atoms with Crippen molar-refractivity contribution in [2.45, 2.75) is 27.2 Å². The highest BCUT2D eigenvalue weighted by molar-refractivity contribution is 7.77. The predicted octanol–water partition coefficient (Wildman–Crippen LogP) is 1.41. The zero-order valence-corrected chi connectivity index (χ0v) is 10.2. The second-order valence-corrected chi connectivity index (χ2v) is 5.64. The Kier molecular flexibility index (Phi) is 3.84. The maximum atomic E-state index is 11.8. The van der Waals surface area contributed by atoms with Gasteiger partial charge in [0.2, 0.25) is 5.91 Å². The fourth-order valence-corrected chi connectivity index (χ4v) is 1.69. The predicted molar refractivity (Wildman–Crippen MR) is 61.2 cm³/mol. The molecule has 0 N–H and O–H groups in total. The summed E-state index contributed by atoms with van der Waals surface area (Å²) in [4.78, 5) is 13.7. The van der Waals surface area contributed by atoms with E-state index in [4.69, 9.17) is 0 Å². The van der Waals surface area contributed by atoms with E-state index in [1.165, 1.54) is 0 Å². The number of hydrogen-bond donors (Lipinski definition) is 1. The van der Waals surface area contributed by atoms with Gasteiger partial charge in [0.25, 0.3) is 0 Å². The fourth-order valence-electron chi connectivity index (χ4n) is 1.51. The molecule has 0 radical (unpaired) electrons. The summed E-state index contributed by atoms with van der Waals surface area (Å²) >= 11 is 4.25. The smallest absolute Gasteiger partial charge is 0.223 e. The minimum absolute atomic E-state index is 0.0924. The van der Waals surface area contributed by atoms with Crippen molar-refractivity contribution in [2.24, 2.45) is 5.41 Å². The van der Waals surface area contributed by atoms with Crippen molar-refractivity contribution in [3.63, 3.8) is 0 Å². The van der Waals surface area contributed by atoms with Gasteiger partial charge in [-0.15, -0.1) is 0 Å². The third kappa shape index (κ3) is 3.88. The van der Waals surface area contributed by atoms with Gasteiger partial charge in [0, 0.05) is 32.6 Å². The van der Waals surface area contributed by atoms with Gasteiger partial charge in [-0.3, -0.25) is 4.79 Å². The third-order valence-electron chi connectivity index (χ3n) is 2.29. The van der Waals surface area contributed by atoms with E-state index < -0.39 is 0 Å². The Bertz CT molecular complexity index is 205. The highest BCUT2D eigenvalue weighted by atomic mass is 32.1. The van der Waals surface area contributed by atoms with Crippen LogP contribution in [0.2, 0.25) is 0 Å². The molecular formula is C10H20N2OS. The molecule has 0 saturated carbocycles. The number of hydrogen-bond acceptors (Lipinski definition) is 3. The van der Waals surface area contributed by atoms with Gasteiger partial charge in [-0.25, -0.2) is 4.31 Å². The lowest BCUT2D eigenvalue weighted by Crippen LogP contribution is -2.46. The van der Waals surface area contributed by atoms with Crippen LogP contribution in [0.4, 0.5) is 0 Å². The number of rotatable bonds is 1. The number of piperazine rings is 1. The topological polar surface area (TPSA) is 23.6 Å². The van der Waals surface area contributed by atoms with Crippen LogP contribution in [0.15, 0.2) is 0 Å². The van der Waals surface area contributed by atoms with Gasteiger partial charge in [-0.2, -0.15) is 0 Å². The molecule has 4 heteroatoms. The van der Waals surface area contributed by atoms with Crippen LogP contribution >= 0.6 is 12.8 Å². The molecule has 0 aromatic carbocycles. The molecule has 1 heterocycles. The number of nitrogens with zero attached hydrogens (tertiary/aromatic N) is 2. The SMILES string of the molecule is CC(C)(C)CC(=O)N1CCN(S)CC1. The molecule has 0 unspecified atom stereocenters. The van der Waals surface area contributed by atoms with Gasteiger partial charge < -0.3 is 4.90 Å². The Morgan fingerprint density at radius 3 is 2.14 bits per heavy atom. The molecule has 1 rings (SSSR count). The first kappa shape index (κ1) is 11.9. The van der Waals surface area contributed by atoms with Crippen LogP contribution in [0.1, 0.15) is 27.2 Å². The summed E-state index contributed by atoms with van der Waals surface area (Å²) in [5.41, 5.74) is 0.0924. The van der Waals surface area contributed by atoms with Crippen molar-refractivity contribution in [3.8, 4) is 0 Å². The molecule has 82 valence electrons. The summed E-state index contributed by atoms with van der Waals surface area (Å²) in [6.07, 6.45) is 0.638. The number of carbonyl (C=O) groups is 1. The van der Waals surface area contributed by atoms with Crippen molar-refractivity contribution in [2.75, 3.05) is 26.2 Å². The number of amides is 1. The molecule has 0 bridgehead atoms. The lowest BCUT2D eigenvalue weighted by Gasteiger charge is -2.33. The van der Waals surface area contributed by atoms with E-state index in [0.717, 1.165) is 26.2 Å². The highest BCUT2D eigenvalue weighted by Gasteiger charge is 2.23. The molecule has 14 heavy (non-hydrogen) atoms. The van der Waals surface area contributed by atoms with Crippen LogP contribution in [0.25, 0.3) is 0 Å². The standard InChI is InChI=1S/C10H20N2OS/c1-10(2,3)8-9(13)11-4-6-12(14)7-5-11/h14H,4-8H2,1-3H3. The van der Waals surface area contributed by atoms with Crippen molar-refractivity contribution in [3.05, 3.63) is 0 Å². The molecular weight excluding hydrogens is 196 g/mol. The first-order chi connectivity index (χ1) is 6.38. The van der Waals surface area contributed by atoms with E-state index in [2.05, 4.69) is 33.6 Å².